The van der Waals surface area contributed by atoms with Crippen LogP contribution < -0.4 is 0 Å². The first kappa shape index (κ1) is 8.55. The number of carboxylic acid groups (broad SMARTS) is 1. The number of aromatic carboxylic acids is 1. The van der Waals surface area contributed by atoms with E-state index in [0.717, 1.165) is 5.76 Å². The van der Waals surface area contributed by atoms with Crippen molar-refractivity contribution in [3.8, 4) is 11.5 Å². The first-order chi connectivity index (χ1) is 6.66. The number of aryl methyl sites for hydroxylation is 1. The number of aromatic nitrogens is 1. The maximum absolute atomic E-state index is 10.5. The largest absolute Gasteiger partial charge is 0.476 e. The average Bonchev–Trinajstić information content (AvgIpc) is 2.70. The smallest absolute Gasteiger partial charge is 0.358 e. The van der Waals surface area contributed by atoms with Gasteiger partial charge in [-0.3, -0.25) is 0 Å². The van der Waals surface area contributed by atoms with E-state index in [-0.39, 0.29) is 5.69 Å². The molecular formula is C9H7NO4. The molecule has 0 saturated carbocycles. The van der Waals surface area contributed by atoms with Gasteiger partial charge in [-0.05, 0) is 19.1 Å². The van der Waals surface area contributed by atoms with E-state index in [9.17, 15) is 4.79 Å². The van der Waals surface area contributed by atoms with Crippen LogP contribution in [0.25, 0.3) is 11.5 Å². The van der Waals surface area contributed by atoms with Crippen LogP contribution in [-0.2, 0) is 0 Å². The molecule has 72 valence electrons. The van der Waals surface area contributed by atoms with Gasteiger partial charge in [0.2, 0.25) is 5.76 Å². The summed E-state index contributed by atoms with van der Waals surface area (Å²) in [4.78, 5) is 10.5. The second-order valence-corrected chi connectivity index (χ2v) is 2.79. The van der Waals surface area contributed by atoms with Crippen LogP contribution in [0.4, 0.5) is 0 Å². The molecule has 14 heavy (non-hydrogen) atoms. The molecule has 1 N–H and O–H groups in total. The molecule has 0 fully saturated rings. The molecule has 0 radical (unpaired) electrons. The van der Waals surface area contributed by atoms with E-state index in [1.54, 1.807) is 19.1 Å². The molecule has 0 spiro atoms. The normalized spacial score (nSPS) is 10.4. The third-order valence-corrected chi connectivity index (χ3v) is 1.71. The lowest BCUT2D eigenvalue weighted by atomic mass is 10.3. The van der Waals surface area contributed by atoms with Gasteiger partial charge < -0.3 is 14.0 Å². The Bertz CT molecular complexity index is 469. The number of rotatable bonds is 2. The van der Waals surface area contributed by atoms with Gasteiger partial charge in [0, 0.05) is 6.07 Å². The van der Waals surface area contributed by atoms with Gasteiger partial charge in [-0.25, -0.2) is 4.79 Å². The van der Waals surface area contributed by atoms with Gasteiger partial charge in [-0.15, -0.1) is 0 Å². The second kappa shape index (κ2) is 3.02. The van der Waals surface area contributed by atoms with Gasteiger partial charge in [0.05, 0.1) is 0 Å². The fraction of sp³-hybridized carbons (Fsp3) is 0.111. The Morgan fingerprint density at radius 3 is 2.71 bits per heavy atom. The van der Waals surface area contributed by atoms with Crippen molar-refractivity contribution in [2.24, 2.45) is 0 Å². The Morgan fingerprint density at radius 1 is 1.43 bits per heavy atom. The minimum atomic E-state index is -1.12. The SMILES string of the molecule is Cc1ccc(-c2cc(C(=O)O)no2)o1. The van der Waals surface area contributed by atoms with Crippen LogP contribution in [0.15, 0.2) is 27.1 Å². The monoisotopic (exact) mass is 193 g/mol. The van der Waals surface area contributed by atoms with Crippen molar-refractivity contribution >= 4 is 5.97 Å². The van der Waals surface area contributed by atoms with E-state index in [4.69, 9.17) is 14.0 Å². The lowest BCUT2D eigenvalue weighted by molar-refractivity contribution is 0.0686. The van der Waals surface area contributed by atoms with Crippen LogP contribution in [-0.4, -0.2) is 16.2 Å². The molecule has 2 rings (SSSR count). The van der Waals surface area contributed by atoms with Gasteiger partial charge in [-0.2, -0.15) is 0 Å². The maximum atomic E-state index is 10.5. The topological polar surface area (TPSA) is 76.5 Å². The molecule has 2 heterocycles. The van der Waals surface area contributed by atoms with Crippen LogP contribution in [0.1, 0.15) is 16.2 Å². The summed E-state index contributed by atoms with van der Waals surface area (Å²) in [5.41, 5.74) is -0.131. The highest BCUT2D eigenvalue weighted by Gasteiger charge is 2.13. The highest BCUT2D eigenvalue weighted by Crippen LogP contribution is 2.22. The molecule has 0 aromatic carbocycles. The first-order valence-electron chi connectivity index (χ1n) is 3.93. The summed E-state index contributed by atoms with van der Waals surface area (Å²) < 4.78 is 10.0. The quantitative estimate of drug-likeness (QED) is 0.788. The number of furan rings is 1. The molecule has 0 amide bonds. The lowest BCUT2D eigenvalue weighted by Gasteiger charge is -1.85. The van der Waals surface area contributed by atoms with Crippen LogP contribution in [0.5, 0.6) is 0 Å². The molecule has 5 nitrogen and oxygen atoms in total. The van der Waals surface area contributed by atoms with Crippen molar-refractivity contribution in [3.63, 3.8) is 0 Å². The Hall–Kier alpha value is -2.04. The number of hydrogen-bond acceptors (Lipinski definition) is 4. The summed E-state index contributed by atoms with van der Waals surface area (Å²) in [6.07, 6.45) is 0. The molecule has 0 unspecified atom stereocenters. The Morgan fingerprint density at radius 2 is 2.21 bits per heavy atom. The van der Waals surface area contributed by atoms with E-state index >= 15 is 0 Å². The van der Waals surface area contributed by atoms with Gasteiger partial charge in [-0.1, -0.05) is 5.16 Å². The van der Waals surface area contributed by atoms with E-state index < -0.39 is 5.97 Å². The predicted octanol–water partition coefficient (Wildman–Crippen LogP) is 1.94. The van der Waals surface area contributed by atoms with Crippen molar-refractivity contribution < 1.29 is 18.8 Å². The number of hydrogen-bond donors (Lipinski definition) is 1. The maximum Gasteiger partial charge on any atom is 0.358 e. The van der Waals surface area contributed by atoms with Gasteiger partial charge in [0.15, 0.2) is 11.5 Å². The minimum absolute atomic E-state index is 0.131. The third-order valence-electron chi connectivity index (χ3n) is 1.71. The number of nitrogens with zero attached hydrogens (tertiary/aromatic N) is 1. The summed E-state index contributed by atoms with van der Waals surface area (Å²) in [5, 5.41) is 12.0. The van der Waals surface area contributed by atoms with Crippen molar-refractivity contribution in [2.45, 2.75) is 6.92 Å². The standard InChI is InChI=1S/C9H7NO4/c1-5-2-3-7(13-5)8-4-6(9(11)12)10-14-8/h2-4H,1H3,(H,11,12). The zero-order valence-electron chi connectivity index (χ0n) is 7.35. The number of carboxylic acids is 1. The molecule has 2 aromatic heterocycles. The average molecular weight is 193 g/mol. The molecule has 5 heteroatoms. The highest BCUT2D eigenvalue weighted by atomic mass is 16.5. The Kier molecular flexibility index (Phi) is 1.85. The zero-order chi connectivity index (χ0) is 10.1. The lowest BCUT2D eigenvalue weighted by Crippen LogP contribution is -1.94. The summed E-state index contributed by atoms with van der Waals surface area (Å²) in [7, 11) is 0. The molecule has 0 saturated heterocycles. The van der Waals surface area contributed by atoms with Gasteiger partial charge >= 0.3 is 5.97 Å². The van der Waals surface area contributed by atoms with Crippen molar-refractivity contribution in [1.29, 1.82) is 0 Å². The summed E-state index contributed by atoms with van der Waals surface area (Å²) in [6.45, 7) is 1.79. The van der Waals surface area contributed by atoms with Crippen molar-refractivity contribution in [1.82, 2.24) is 5.16 Å². The Balaban J connectivity index is 2.38. The summed E-state index contributed by atoms with van der Waals surface area (Å²) in [5.74, 6) is 0.398. The highest BCUT2D eigenvalue weighted by molar-refractivity contribution is 5.86. The van der Waals surface area contributed by atoms with Crippen LogP contribution in [0, 0.1) is 6.92 Å². The van der Waals surface area contributed by atoms with Crippen LogP contribution in [0.2, 0.25) is 0 Å². The summed E-state index contributed by atoms with van der Waals surface area (Å²) in [6, 6.07) is 4.78. The van der Waals surface area contributed by atoms with E-state index in [0.29, 0.717) is 11.5 Å². The van der Waals surface area contributed by atoms with Crippen LogP contribution >= 0.6 is 0 Å². The molecule has 0 aliphatic carbocycles. The first-order valence-corrected chi connectivity index (χ1v) is 3.93. The minimum Gasteiger partial charge on any atom is -0.476 e. The molecule has 0 aliphatic heterocycles. The molecule has 0 aliphatic rings. The molecule has 0 atom stereocenters. The second-order valence-electron chi connectivity index (χ2n) is 2.79. The molecule has 0 bridgehead atoms. The van der Waals surface area contributed by atoms with Crippen LogP contribution in [0.3, 0.4) is 0 Å². The zero-order valence-corrected chi connectivity index (χ0v) is 7.35. The third kappa shape index (κ3) is 1.39. The predicted molar refractivity (Wildman–Crippen MR) is 45.9 cm³/mol. The van der Waals surface area contributed by atoms with E-state index in [1.165, 1.54) is 6.07 Å². The van der Waals surface area contributed by atoms with Crippen molar-refractivity contribution in [3.05, 3.63) is 29.7 Å². The van der Waals surface area contributed by atoms with E-state index in [2.05, 4.69) is 5.16 Å². The molecule has 2 aromatic rings. The van der Waals surface area contributed by atoms with Crippen molar-refractivity contribution in [2.75, 3.05) is 0 Å². The fourth-order valence-electron chi connectivity index (χ4n) is 1.06. The van der Waals surface area contributed by atoms with E-state index in [1.807, 2.05) is 0 Å². The fourth-order valence-corrected chi connectivity index (χ4v) is 1.06. The Labute approximate surface area is 78.9 Å². The number of carbonyl (C=O) groups is 1. The van der Waals surface area contributed by atoms with Gasteiger partial charge in [0.25, 0.3) is 0 Å². The molecular weight excluding hydrogens is 186 g/mol. The summed E-state index contributed by atoms with van der Waals surface area (Å²) >= 11 is 0. The van der Waals surface area contributed by atoms with Gasteiger partial charge in [0.1, 0.15) is 5.76 Å².